The lowest BCUT2D eigenvalue weighted by molar-refractivity contribution is 0.0696. The van der Waals surface area contributed by atoms with Crippen LogP contribution in [0.25, 0.3) is 22.8 Å². The average Bonchev–Trinajstić information content (AvgIpc) is 3.93. The number of nitrogens with one attached hydrogen (secondary N) is 1. The number of aromatic carboxylic acids is 1. The number of nitriles is 2. The Morgan fingerprint density at radius 1 is 0.729 bits per heavy atom. The van der Waals surface area contributed by atoms with E-state index < -0.39 is 5.97 Å². The van der Waals surface area contributed by atoms with Gasteiger partial charge in [0.2, 0.25) is 23.4 Å². The molecule has 0 radical (unpaired) electrons. The second-order valence-electron chi connectivity index (χ2n) is 13.8. The monoisotopic (exact) mass is 794 g/mol. The second-order valence-corrected chi connectivity index (χ2v) is 13.8. The van der Waals surface area contributed by atoms with E-state index in [2.05, 4.69) is 57.5 Å². The number of carboxylic acid groups (broad SMARTS) is 1. The summed E-state index contributed by atoms with van der Waals surface area (Å²) >= 11 is 0. The van der Waals surface area contributed by atoms with Gasteiger partial charge in [-0.15, -0.1) is 0 Å². The van der Waals surface area contributed by atoms with Gasteiger partial charge in [0.25, 0.3) is 5.91 Å². The maximum atomic E-state index is 12.7. The molecule has 300 valence electrons. The standard InChI is InChI=1S/C21H20N6O2.C11H14N4.C10H8N2O3/c1-14-24-20(26-29-14)16-3-2-4-17(11-16)21(28)25-18-7-9-27(10-8-18)19-6-5-15(12-22)13-23-19;12-7-9-1-2-11(14-8-9)15-5-3-10(13)4-6-15;1-6-11-9(12-15-6)7-3-2-4-8(5-7)10(13)14/h2-6,11,13,18H,7-10H2,1H3,(H,25,28);1-2,8,10H,3-6,13H2;2-5H,1H3,(H,13,14). The molecule has 2 fully saturated rings. The highest BCUT2D eigenvalue weighted by Gasteiger charge is 2.23. The number of piperidine rings is 2. The maximum Gasteiger partial charge on any atom is 0.335 e. The lowest BCUT2D eigenvalue weighted by Crippen LogP contribution is -2.45. The summed E-state index contributed by atoms with van der Waals surface area (Å²) in [6, 6.07) is 25.5. The minimum absolute atomic E-state index is 0.105. The summed E-state index contributed by atoms with van der Waals surface area (Å²) in [5, 5.41) is 37.1. The Morgan fingerprint density at radius 3 is 1.63 bits per heavy atom. The summed E-state index contributed by atoms with van der Waals surface area (Å²) in [5.41, 5.74) is 9.14. The maximum absolute atomic E-state index is 12.7. The zero-order valence-electron chi connectivity index (χ0n) is 32.5. The minimum atomic E-state index is -0.975. The normalized spacial score (nSPS) is 14.1. The highest BCUT2D eigenvalue weighted by molar-refractivity contribution is 5.95. The van der Waals surface area contributed by atoms with Crippen molar-refractivity contribution >= 4 is 23.5 Å². The topological polar surface area (TPSA) is 250 Å². The Bertz CT molecular complexity index is 2420. The summed E-state index contributed by atoms with van der Waals surface area (Å²) in [4.78, 5) is 44.6. The predicted octanol–water partition coefficient (Wildman–Crippen LogP) is 5.33. The molecular weight excluding hydrogens is 753 g/mol. The van der Waals surface area contributed by atoms with Crippen LogP contribution in [0, 0.1) is 36.5 Å². The SMILES string of the molecule is Cc1nc(-c2cccc(C(=O)NC3CCN(c4ccc(C#N)cn4)CC3)c2)no1.Cc1nc(-c2cccc(C(=O)O)c2)no1.N#Cc1ccc(N2CCC(N)CC2)nc1. The van der Waals surface area contributed by atoms with Gasteiger partial charge in [0, 0.05) is 81.2 Å². The van der Waals surface area contributed by atoms with E-state index in [0.717, 1.165) is 69.1 Å². The Hall–Kier alpha value is -7.50. The summed E-state index contributed by atoms with van der Waals surface area (Å²) in [6.45, 7) is 6.92. The molecule has 0 aliphatic carbocycles. The lowest BCUT2D eigenvalue weighted by atomic mass is 10.0. The summed E-state index contributed by atoms with van der Waals surface area (Å²) in [5.74, 6) is 2.52. The number of aromatic nitrogens is 6. The van der Waals surface area contributed by atoms with Gasteiger partial charge in [-0.05, 0) is 74.2 Å². The zero-order valence-corrected chi connectivity index (χ0v) is 32.5. The summed E-state index contributed by atoms with van der Waals surface area (Å²) in [7, 11) is 0. The van der Waals surface area contributed by atoms with Gasteiger partial charge in [0.15, 0.2) is 0 Å². The van der Waals surface area contributed by atoms with E-state index in [9.17, 15) is 9.59 Å². The molecule has 0 unspecified atom stereocenters. The Labute approximate surface area is 340 Å². The highest BCUT2D eigenvalue weighted by Crippen LogP contribution is 2.21. The van der Waals surface area contributed by atoms with Crippen molar-refractivity contribution < 1.29 is 23.7 Å². The lowest BCUT2D eigenvalue weighted by Gasteiger charge is -2.33. The molecule has 4 N–H and O–H groups in total. The van der Waals surface area contributed by atoms with Gasteiger partial charge in [-0.2, -0.15) is 20.5 Å². The van der Waals surface area contributed by atoms with Crippen LogP contribution in [0.5, 0.6) is 0 Å². The fourth-order valence-electron chi connectivity index (χ4n) is 6.35. The third-order valence-electron chi connectivity index (χ3n) is 9.58. The minimum Gasteiger partial charge on any atom is -0.478 e. The van der Waals surface area contributed by atoms with Crippen molar-refractivity contribution in [1.29, 1.82) is 10.5 Å². The molecule has 2 aromatic carbocycles. The molecule has 0 atom stereocenters. The number of pyridine rings is 2. The molecule has 1 amide bonds. The zero-order chi connectivity index (χ0) is 41.7. The first kappa shape index (κ1) is 41.1. The molecule has 17 heteroatoms. The van der Waals surface area contributed by atoms with E-state index in [4.69, 9.17) is 30.4 Å². The average molecular weight is 795 g/mol. The van der Waals surface area contributed by atoms with Crippen LogP contribution in [0.3, 0.4) is 0 Å². The van der Waals surface area contributed by atoms with E-state index in [-0.39, 0.29) is 17.5 Å². The van der Waals surface area contributed by atoms with Crippen molar-refractivity contribution in [3.05, 3.63) is 119 Å². The second kappa shape index (κ2) is 19.6. The number of anilines is 2. The number of amides is 1. The molecule has 6 heterocycles. The number of hydrogen-bond donors (Lipinski definition) is 3. The highest BCUT2D eigenvalue weighted by atomic mass is 16.5. The third-order valence-corrected chi connectivity index (χ3v) is 9.58. The van der Waals surface area contributed by atoms with E-state index in [1.807, 2.05) is 24.3 Å². The van der Waals surface area contributed by atoms with Crippen LogP contribution >= 0.6 is 0 Å². The molecule has 2 aliphatic rings. The van der Waals surface area contributed by atoms with Gasteiger partial charge < -0.3 is 35.0 Å². The van der Waals surface area contributed by atoms with Crippen molar-refractivity contribution in [1.82, 2.24) is 35.6 Å². The quantitative estimate of drug-likeness (QED) is 0.185. The van der Waals surface area contributed by atoms with Crippen LogP contribution in [-0.4, -0.2) is 85.5 Å². The number of carbonyl (C=O) groups excluding carboxylic acids is 1. The molecule has 2 aliphatic heterocycles. The molecule has 8 rings (SSSR count). The molecular formula is C42H42N12O5. The van der Waals surface area contributed by atoms with E-state index >= 15 is 0 Å². The van der Waals surface area contributed by atoms with Crippen LogP contribution in [0.2, 0.25) is 0 Å². The molecule has 2 saturated heterocycles. The van der Waals surface area contributed by atoms with Crippen molar-refractivity contribution in [2.24, 2.45) is 5.73 Å². The van der Waals surface area contributed by atoms with Crippen molar-refractivity contribution in [3.63, 3.8) is 0 Å². The van der Waals surface area contributed by atoms with E-state index in [1.165, 1.54) is 12.1 Å². The largest absolute Gasteiger partial charge is 0.478 e. The smallest absolute Gasteiger partial charge is 0.335 e. The van der Waals surface area contributed by atoms with Crippen LogP contribution in [0.4, 0.5) is 11.6 Å². The van der Waals surface area contributed by atoms with E-state index in [0.29, 0.717) is 51.7 Å². The first-order chi connectivity index (χ1) is 28.6. The number of carbonyl (C=O) groups is 2. The first-order valence-electron chi connectivity index (χ1n) is 18.9. The number of carboxylic acids is 1. The van der Waals surface area contributed by atoms with Crippen molar-refractivity contribution in [2.75, 3.05) is 36.0 Å². The molecule has 17 nitrogen and oxygen atoms in total. The van der Waals surface area contributed by atoms with E-state index in [1.54, 1.807) is 62.6 Å². The number of rotatable bonds is 7. The van der Waals surface area contributed by atoms with Gasteiger partial charge in [0.1, 0.15) is 23.8 Å². The number of hydrogen-bond acceptors (Lipinski definition) is 15. The van der Waals surface area contributed by atoms with Crippen LogP contribution in [-0.2, 0) is 0 Å². The van der Waals surface area contributed by atoms with Gasteiger partial charge in [-0.3, -0.25) is 4.79 Å². The van der Waals surface area contributed by atoms with Crippen LogP contribution < -0.4 is 20.9 Å². The summed E-state index contributed by atoms with van der Waals surface area (Å²) < 4.78 is 9.82. The first-order valence-corrected chi connectivity index (χ1v) is 18.9. The van der Waals surface area contributed by atoms with Gasteiger partial charge >= 0.3 is 5.97 Å². The Morgan fingerprint density at radius 2 is 1.20 bits per heavy atom. The fraction of sp³-hybridized carbons (Fsp3) is 0.286. The Kier molecular flexibility index (Phi) is 13.7. The van der Waals surface area contributed by atoms with Crippen LogP contribution in [0.15, 0.2) is 94.2 Å². The number of nitrogens with zero attached hydrogens (tertiary/aromatic N) is 10. The number of benzene rings is 2. The molecule has 59 heavy (non-hydrogen) atoms. The predicted molar refractivity (Wildman–Crippen MR) is 216 cm³/mol. The van der Waals surface area contributed by atoms with Gasteiger partial charge in [-0.25, -0.2) is 14.8 Å². The molecule has 4 aromatic heterocycles. The number of nitrogens with two attached hydrogens (primary N) is 1. The van der Waals surface area contributed by atoms with Crippen LogP contribution in [0.1, 0.15) is 69.3 Å². The summed E-state index contributed by atoms with van der Waals surface area (Å²) in [6.07, 6.45) is 6.89. The molecule has 6 aromatic rings. The Balaban J connectivity index is 0.000000164. The van der Waals surface area contributed by atoms with Gasteiger partial charge in [-0.1, -0.05) is 34.6 Å². The molecule has 0 spiro atoms. The van der Waals surface area contributed by atoms with Gasteiger partial charge in [0.05, 0.1) is 16.7 Å². The molecule has 0 bridgehead atoms. The molecule has 0 saturated carbocycles. The number of aryl methyl sites for hydroxylation is 2. The fourth-order valence-corrected chi connectivity index (χ4v) is 6.35. The third kappa shape index (κ3) is 11.3. The van der Waals surface area contributed by atoms with Crippen molar-refractivity contribution in [3.8, 4) is 34.9 Å². The van der Waals surface area contributed by atoms with Crippen molar-refractivity contribution in [2.45, 2.75) is 51.6 Å².